The fourth-order valence-electron chi connectivity index (χ4n) is 1.47. The van der Waals surface area contributed by atoms with Crippen molar-refractivity contribution in [3.63, 3.8) is 0 Å². The molecule has 80 valence electrons. The Morgan fingerprint density at radius 3 is 2.47 bits per heavy atom. The second-order valence-corrected chi connectivity index (χ2v) is 4.87. The van der Waals surface area contributed by atoms with E-state index in [0.717, 1.165) is 5.56 Å². The van der Waals surface area contributed by atoms with Crippen molar-refractivity contribution in [3.05, 3.63) is 35.4 Å². The summed E-state index contributed by atoms with van der Waals surface area (Å²) in [5, 5.41) is 12.4. The molecule has 1 aromatic rings. The Morgan fingerprint density at radius 1 is 1.33 bits per heavy atom. The van der Waals surface area contributed by atoms with Gasteiger partial charge < -0.3 is 0 Å². The summed E-state index contributed by atoms with van der Waals surface area (Å²) in [4.78, 5) is 0. The van der Waals surface area contributed by atoms with Crippen molar-refractivity contribution in [1.82, 2.24) is 5.32 Å². The lowest BCUT2D eigenvalue weighted by Gasteiger charge is -2.24. The second-order valence-electron chi connectivity index (χ2n) is 4.87. The molecule has 1 rings (SSSR count). The molecule has 0 radical (unpaired) electrons. The predicted molar refractivity (Wildman–Crippen MR) is 62.4 cm³/mol. The number of nitrogens with zero attached hydrogens (tertiary/aromatic N) is 1. The zero-order valence-corrected chi connectivity index (χ0v) is 9.83. The van der Waals surface area contributed by atoms with E-state index >= 15 is 0 Å². The molecule has 1 atom stereocenters. The average Bonchev–Trinajstić information content (AvgIpc) is 2.13. The smallest absolute Gasteiger partial charge is 0.121 e. The Labute approximate surface area is 91.9 Å². The quantitative estimate of drug-likeness (QED) is 0.800. The standard InChI is InChI=1S/C13H18N2/c1-10-6-5-7-11(8-10)12(9-14)15-13(2,3)4/h5-8,12,15H,1-4H3. The first-order chi connectivity index (χ1) is 6.92. The van der Waals surface area contributed by atoms with Gasteiger partial charge >= 0.3 is 0 Å². The van der Waals surface area contributed by atoms with E-state index in [4.69, 9.17) is 5.26 Å². The highest BCUT2D eigenvalue weighted by Crippen LogP contribution is 2.17. The summed E-state index contributed by atoms with van der Waals surface area (Å²) in [5.41, 5.74) is 2.17. The SMILES string of the molecule is Cc1cccc(C(C#N)NC(C)(C)C)c1. The molecule has 0 saturated heterocycles. The van der Waals surface area contributed by atoms with Crippen molar-refractivity contribution in [2.75, 3.05) is 0 Å². The summed E-state index contributed by atoms with van der Waals surface area (Å²) in [6.45, 7) is 8.22. The molecule has 0 heterocycles. The minimum atomic E-state index is -0.232. The van der Waals surface area contributed by atoms with Crippen molar-refractivity contribution in [2.24, 2.45) is 0 Å². The summed E-state index contributed by atoms with van der Waals surface area (Å²) in [7, 11) is 0. The molecule has 0 aliphatic carbocycles. The van der Waals surface area contributed by atoms with Gasteiger partial charge in [0.2, 0.25) is 0 Å². The molecule has 0 spiro atoms. The zero-order valence-electron chi connectivity index (χ0n) is 9.83. The van der Waals surface area contributed by atoms with Crippen LogP contribution in [0, 0.1) is 18.3 Å². The lowest BCUT2D eigenvalue weighted by Crippen LogP contribution is -2.38. The van der Waals surface area contributed by atoms with Crippen LogP contribution in [0.15, 0.2) is 24.3 Å². The molecule has 0 aliphatic heterocycles. The maximum absolute atomic E-state index is 9.12. The van der Waals surface area contributed by atoms with Crippen LogP contribution in [-0.4, -0.2) is 5.54 Å². The molecule has 0 fully saturated rings. The molecule has 0 aromatic heterocycles. The van der Waals surface area contributed by atoms with Crippen molar-refractivity contribution in [2.45, 2.75) is 39.3 Å². The Kier molecular flexibility index (Phi) is 3.49. The van der Waals surface area contributed by atoms with Gasteiger partial charge in [0.1, 0.15) is 6.04 Å². The van der Waals surface area contributed by atoms with Gasteiger partial charge in [0.15, 0.2) is 0 Å². The number of benzene rings is 1. The molecule has 0 aliphatic rings. The number of hydrogen-bond acceptors (Lipinski definition) is 2. The van der Waals surface area contributed by atoms with Gasteiger partial charge in [-0.2, -0.15) is 5.26 Å². The topological polar surface area (TPSA) is 35.8 Å². The summed E-state index contributed by atoms with van der Waals surface area (Å²) in [6.07, 6.45) is 0. The fraction of sp³-hybridized carbons (Fsp3) is 0.462. The minimum Gasteiger partial charge on any atom is -0.293 e. The van der Waals surface area contributed by atoms with E-state index in [1.807, 2.05) is 31.2 Å². The Bertz CT molecular complexity index is 369. The molecule has 0 saturated carbocycles. The van der Waals surface area contributed by atoms with E-state index < -0.39 is 0 Å². The molecule has 2 heteroatoms. The van der Waals surface area contributed by atoms with E-state index in [2.05, 4.69) is 32.2 Å². The first-order valence-corrected chi connectivity index (χ1v) is 5.16. The highest BCUT2D eigenvalue weighted by molar-refractivity contribution is 5.28. The van der Waals surface area contributed by atoms with Gasteiger partial charge in [-0.05, 0) is 33.3 Å². The normalized spacial score (nSPS) is 13.3. The Morgan fingerprint density at radius 2 is 2.00 bits per heavy atom. The highest BCUT2D eigenvalue weighted by Gasteiger charge is 2.17. The number of aryl methyl sites for hydroxylation is 1. The van der Waals surface area contributed by atoms with Crippen molar-refractivity contribution in [3.8, 4) is 6.07 Å². The van der Waals surface area contributed by atoms with Crippen molar-refractivity contribution >= 4 is 0 Å². The van der Waals surface area contributed by atoms with Gasteiger partial charge in [-0.1, -0.05) is 29.8 Å². The van der Waals surface area contributed by atoms with Crippen LogP contribution in [0.5, 0.6) is 0 Å². The van der Waals surface area contributed by atoms with Gasteiger partial charge in [0, 0.05) is 5.54 Å². The lowest BCUT2D eigenvalue weighted by molar-refractivity contribution is 0.400. The van der Waals surface area contributed by atoms with Crippen LogP contribution >= 0.6 is 0 Å². The first-order valence-electron chi connectivity index (χ1n) is 5.16. The number of rotatable bonds is 2. The van der Waals surface area contributed by atoms with Crippen LogP contribution in [0.1, 0.15) is 37.9 Å². The first kappa shape index (κ1) is 11.7. The molecular formula is C13H18N2. The van der Waals surface area contributed by atoms with Gasteiger partial charge in [-0.3, -0.25) is 5.32 Å². The third kappa shape index (κ3) is 3.73. The average molecular weight is 202 g/mol. The summed E-state index contributed by atoms with van der Waals surface area (Å²) >= 11 is 0. The van der Waals surface area contributed by atoms with Crippen molar-refractivity contribution in [1.29, 1.82) is 5.26 Å². The van der Waals surface area contributed by atoms with Crippen LogP contribution in [-0.2, 0) is 0 Å². The van der Waals surface area contributed by atoms with Crippen LogP contribution in [0.2, 0.25) is 0 Å². The van der Waals surface area contributed by atoms with Crippen LogP contribution in [0.3, 0.4) is 0 Å². The molecular weight excluding hydrogens is 184 g/mol. The second kappa shape index (κ2) is 4.46. The van der Waals surface area contributed by atoms with Crippen molar-refractivity contribution < 1.29 is 0 Å². The molecule has 0 bridgehead atoms. The van der Waals surface area contributed by atoms with E-state index in [-0.39, 0.29) is 11.6 Å². The molecule has 1 aromatic carbocycles. The highest BCUT2D eigenvalue weighted by atomic mass is 15.0. The third-order valence-electron chi connectivity index (χ3n) is 2.08. The van der Waals surface area contributed by atoms with E-state index in [1.54, 1.807) is 0 Å². The fourth-order valence-corrected chi connectivity index (χ4v) is 1.47. The van der Waals surface area contributed by atoms with Gasteiger partial charge in [-0.15, -0.1) is 0 Å². The van der Waals surface area contributed by atoms with E-state index in [9.17, 15) is 0 Å². The lowest BCUT2D eigenvalue weighted by atomic mass is 10.0. The summed E-state index contributed by atoms with van der Waals surface area (Å²) in [6, 6.07) is 10.1. The largest absolute Gasteiger partial charge is 0.293 e. The number of nitrogens with one attached hydrogen (secondary N) is 1. The molecule has 2 nitrogen and oxygen atoms in total. The summed E-state index contributed by atoms with van der Waals surface area (Å²) < 4.78 is 0. The number of hydrogen-bond donors (Lipinski definition) is 1. The summed E-state index contributed by atoms with van der Waals surface area (Å²) in [5.74, 6) is 0. The van der Waals surface area contributed by atoms with E-state index in [1.165, 1.54) is 5.56 Å². The van der Waals surface area contributed by atoms with Crippen LogP contribution in [0.25, 0.3) is 0 Å². The predicted octanol–water partition coefficient (Wildman–Crippen LogP) is 2.95. The van der Waals surface area contributed by atoms with Crippen LogP contribution in [0.4, 0.5) is 0 Å². The van der Waals surface area contributed by atoms with Gasteiger partial charge in [0.05, 0.1) is 6.07 Å². The zero-order chi connectivity index (χ0) is 11.5. The molecule has 1 N–H and O–H groups in total. The molecule has 0 amide bonds. The maximum Gasteiger partial charge on any atom is 0.121 e. The van der Waals surface area contributed by atoms with Gasteiger partial charge in [-0.25, -0.2) is 0 Å². The Balaban J connectivity index is 2.90. The van der Waals surface area contributed by atoms with E-state index in [0.29, 0.717) is 0 Å². The third-order valence-corrected chi connectivity index (χ3v) is 2.08. The minimum absolute atomic E-state index is 0.0514. The Hall–Kier alpha value is -1.33. The monoisotopic (exact) mass is 202 g/mol. The van der Waals surface area contributed by atoms with Gasteiger partial charge in [0.25, 0.3) is 0 Å². The number of nitriles is 1. The molecule has 1 unspecified atom stereocenters. The maximum atomic E-state index is 9.12. The molecule has 15 heavy (non-hydrogen) atoms. The van der Waals surface area contributed by atoms with Crippen LogP contribution < -0.4 is 5.32 Å².